The van der Waals surface area contributed by atoms with E-state index in [9.17, 15) is 13.2 Å². The van der Waals surface area contributed by atoms with Crippen molar-refractivity contribution in [2.45, 2.75) is 29.2 Å². The second kappa shape index (κ2) is 6.34. The first kappa shape index (κ1) is 15.0. The summed E-state index contributed by atoms with van der Waals surface area (Å²) < 4.78 is 24.9. The average Bonchev–Trinajstić information content (AvgIpc) is 2.46. The summed E-state index contributed by atoms with van der Waals surface area (Å²) in [4.78, 5) is 11.7. The number of carbonyl (C=O) groups is 1. The third kappa shape index (κ3) is 3.36. The first-order valence-corrected chi connectivity index (χ1v) is 8.11. The van der Waals surface area contributed by atoms with E-state index in [2.05, 4.69) is 10.6 Å². The zero-order valence-electron chi connectivity index (χ0n) is 11.1. The van der Waals surface area contributed by atoms with Gasteiger partial charge >= 0.3 is 0 Å². The number of nitrogens with two attached hydrogens (primary N) is 1. The van der Waals surface area contributed by atoms with Crippen molar-refractivity contribution in [3.63, 3.8) is 0 Å². The summed E-state index contributed by atoms with van der Waals surface area (Å²) in [5.41, 5.74) is 5.28. The van der Waals surface area contributed by atoms with Crippen LogP contribution in [0.25, 0.3) is 0 Å². The lowest BCUT2D eigenvalue weighted by molar-refractivity contribution is -0.118. The number of hydrogen-bond donors (Lipinski definition) is 3. The predicted molar refractivity (Wildman–Crippen MR) is 75.6 cm³/mol. The molecule has 1 amide bonds. The number of primary amides is 1. The van der Waals surface area contributed by atoms with Gasteiger partial charge in [0.15, 0.2) is 5.37 Å². The van der Waals surface area contributed by atoms with Crippen LogP contribution >= 0.6 is 0 Å². The van der Waals surface area contributed by atoms with E-state index in [4.69, 9.17) is 5.73 Å². The molecule has 4 N–H and O–H groups in total. The molecule has 7 heteroatoms. The fourth-order valence-electron chi connectivity index (χ4n) is 2.27. The molecule has 1 fully saturated rings. The lowest BCUT2D eigenvalue weighted by atomic mass is 10.1. The van der Waals surface area contributed by atoms with Crippen LogP contribution in [-0.4, -0.2) is 38.8 Å². The van der Waals surface area contributed by atoms with Crippen LogP contribution in [0.3, 0.4) is 0 Å². The maximum Gasteiger partial charge on any atom is 0.250 e. The molecule has 0 bridgehead atoms. The lowest BCUT2D eigenvalue weighted by Crippen LogP contribution is -2.53. The van der Waals surface area contributed by atoms with Crippen molar-refractivity contribution in [1.82, 2.24) is 10.6 Å². The molecular weight excluding hydrogens is 278 g/mol. The largest absolute Gasteiger partial charge is 0.367 e. The van der Waals surface area contributed by atoms with E-state index in [0.717, 1.165) is 25.9 Å². The minimum Gasteiger partial charge on any atom is -0.367 e. The molecule has 1 heterocycles. The van der Waals surface area contributed by atoms with Crippen LogP contribution < -0.4 is 16.4 Å². The van der Waals surface area contributed by atoms with Crippen LogP contribution in [0.1, 0.15) is 12.8 Å². The van der Waals surface area contributed by atoms with Crippen LogP contribution in [0, 0.1) is 0 Å². The van der Waals surface area contributed by atoms with Crippen LogP contribution in [-0.2, 0) is 14.6 Å². The van der Waals surface area contributed by atoms with Gasteiger partial charge < -0.3 is 11.1 Å². The van der Waals surface area contributed by atoms with Crippen LogP contribution in [0.5, 0.6) is 0 Å². The van der Waals surface area contributed by atoms with Gasteiger partial charge in [0.25, 0.3) is 5.91 Å². The normalized spacial score (nSPS) is 18.6. The maximum atomic E-state index is 12.5. The van der Waals surface area contributed by atoms with Gasteiger partial charge in [0.05, 0.1) is 4.90 Å². The van der Waals surface area contributed by atoms with E-state index in [1.54, 1.807) is 18.2 Å². The highest BCUT2D eigenvalue weighted by Crippen LogP contribution is 2.16. The Labute approximate surface area is 118 Å². The smallest absolute Gasteiger partial charge is 0.250 e. The molecule has 0 aliphatic carbocycles. The summed E-state index contributed by atoms with van der Waals surface area (Å²) >= 11 is 0. The highest BCUT2D eigenvalue weighted by atomic mass is 32.2. The van der Waals surface area contributed by atoms with Crippen molar-refractivity contribution in [3.05, 3.63) is 30.3 Å². The molecule has 0 radical (unpaired) electrons. The Morgan fingerprint density at radius 3 is 2.40 bits per heavy atom. The fraction of sp³-hybridized carbons (Fsp3) is 0.462. The van der Waals surface area contributed by atoms with Crippen LogP contribution in [0.15, 0.2) is 35.2 Å². The Balaban J connectivity index is 2.21. The van der Waals surface area contributed by atoms with E-state index in [1.807, 2.05) is 0 Å². The molecule has 20 heavy (non-hydrogen) atoms. The number of piperidine rings is 1. The summed E-state index contributed by atoms with van der Waals surface area (Å²) in [6, 6.07) is 7.88. The number of hydrogen-bond acceptors (Lipinski definition) is 5. The van der Waals surface area contributed by atoms with Crippen molar-refractivity contribution in [2.75, 3.05) is 13.1 Å². The SMILES string of the molecule is NC(=O)C(NC1CCNCC1)S(=O)(=O)c1ccccc1. The van der Waals surface area contributed by atoms with Gasteiger partial charge in [-0.2, -0.15) is 0 Å². The van der Waals surface area contributed by atoms with Gasteiger partial charge in [-0.3, -0.25) is 10.1 Å². The molecule has 0 spiro atoms. The molecule has 2 rings (SSSR count). The third-order valence-electron chi connectivity index (χ3n) is 3.37. The molecule has 0 saturated carbocycles. The van der Waals surface area contributed by atoms with Gasteiger partial charge in [0, 0.05) is 6.04 Å². The number of sulfone groups is 1. The molecule has 1 aliphatic rings. The van der Waals surface area contributed by atoms with Crippen molar-refractivity contribution in [3.8, 4) is 0 Å². The quantitative estimate of drug-likeness (QED) is 0.687. The summed E-state index contributed by atoms with van der Waals surface area (Å²) in [7, 11) is -3.81. The monoisotopic (exact) mass is 297 g/mol. The summed E-state index contributed by atoms with van der Waals surface area (Å²) in [5, 5.41) is 4.69. The third-order valence-corrected chi connectivity index (χ3v) is 5.28. The zero-order chi connectivity index (χ0) is 14.6. The Kier molecular flexibility index (Phi) is 4.74. The Morgan fingerprint density at radius 1 is 1.25 bits per heavy atom. The number of amides is 1. The van der Waals surface area contributed by atoms with E-state index in [1.165, 1.54) is 12.1 Å². The van der Waals surface area contributed by atoms with Crippen molar-refractivity contribution < 1.29 is 13.2 Å². The van der Waals surface area contributed by atoms with E-state index in [0.29, 0.717) is 0 Å². The van der Waals surface area contributed by atoms with E-state index >= 15 is 0 Å². The Hall–Kier alpha value is -1.44. The summed E-state index contributed by atoms with van der Waals surface area (Å²) in [6.45, 7) is 1.60. The molecule has 1 aromatic rings. The summed E-state index contributed by atoms with van der Waals surface area (Å²) in [5.74, 6) is -0.868. The highest BCUT2D eigenvalue weighted by Gasteiger charge is 2.34. The fourth-order valence-corrected chi connectivity index (χ4v) is 3.76. The number of nitrogens with one attached hydrogen (secondary N) is 2. The van der Waals surface area contributed by atoms with Gasteiger partial charge in [-0.05, 0) is 38.1 Å². The van der Waals surface area contributed by atoms with Gasteiger partial charge in [-0.1, -0.05) is 18.2 Å². The maximum absolute atomic E-state index is 12.5. The van der Waals surface area contributed by atoms with Crippen molar-refractivity contribution >= 4 is 15.7 Å². The highest BCUT2D eigenvalue weighted by molar-refractivity contribution is 7.92. The molecule has 1 saturated heterocycles. The van der Waals surface area contributed by atoms with Crippen molar-refractivity contribution in [2.24, 2.45) is 5.73 Å². The Morgan fingerprint density at radius 2 is 1.85 bits per heavy atom. The number of benzene rings is 1. The standard InChI is InChI=1S/C13H19N3O3S/c14-12(17)13(16-10-6-8-15-9-7-10)20(18,19)11-4-2-1-3-5-11/h1-5,10,13,15-16H,6-9H2,(H2,14,17). The van der Waals surface area contributed by atoms with Crippen molar-refractivity contribution in [1.29, 1.82) is 0 Å². The van der Waals surface area contributed by atoms with Gasteiger partial charge in [0.1, 0.15) is 0 Å². The van der Waals surface area contributed by atoms with Crippen LogP contribution in [0.4, 0.5) is 0 Å². The molecule has 110 valence electrons. The molecule has 6 nitrogen and oxygen atoms in total. The molecule has 1 unspecified atom stereocenters. The molecule has 1 atom stereocenters. The Bertz CT molecular complexity index is 553. The first-order valence-electron chi connectivity index (χ1n) is 6.57. The number of carbonyl (C=O) groups excluding carboxylic acids is 1. The average molecular weight is 297 g/mol. The zero-order valence-corrected chi connectivity index (χ0v) is 11.9. The van der Waals surface area contributed by atoms with Gasteiger partial charge in [-0.15, -0.1) is 0 Å². The molecular formula is C13H19N3O3S. The minimum atomic E-state index is -3.81. The molecule has 0 aromatic heterocycles. The van der Waals surface area contributed by atoms with Gasteiger partial charge in [0.2, 0.25) is 9.84 Å². The molecule has 1 aliphatic heterocycles. The predicted octanol–water partition coefficient (Wildman–Crippen LogP) is -0.387. The summed E-state index contributed by atoms with van der Waals surface area (Å²) in [6.07, 6.45) is 1.54. The topological polar surface area (TPSA) is 101 Å². The molecule has 1 aromatic carbocycles. The first-order chi connectivity index (χ1) is 9.51. The second-order valence-electron chi connectivity index (χ2n) is 4.83. The second-order valence-corrected chi connectivity index (χ2v) is 6.86. The minimum absolute atomic E-state index is 0.0211. The van der Waals surface area contributed by atoms with E-state index < -0.39 is 21.1 Å². The van der Waals surface area contributed by atoms with Gasteiger partial charge in [-0.25, -0.2) is 8.42 Å². The van der Waals surface area contributed by atoms with E-state index in [-0.39, 0.29) is 10.9 Å². The van der Waals surface area contributed by atoms with Crippen LogP contribution in [0.2, 0.25) is 0 Å². The lowest BCUT2D eigenvalue weighted by Gasteiger charge is -2.27. The number of rotatable bonds is 5.